The van der Waals surface area contributed by atoms with E-state index in [2.05, 4.69) is 22.5 Å². The van der Waals surface area contributed by atoms with Crippen molar-refractivity contribution in [3.05, 3.63) is 0 Å². The van der Waals surface area contributed by atoms with E-state index in [9.17, 15) is 4.79 Å². The molecule has 106 valence electrons. The monoisotopic (exact) mass is 275 g/mol. The Balaban J connectivity index is 0.00000162. The molecular weight excluding hydrogens is 250 g/mol. The molecule has 0 aliphatic carbocycles. The molecule has 1 amide bonds. The summed E-state index contributed by atoms with van der Waals surface area (Å²) in [4.78, 5) is 14.3. The normalized spacial score (nSPS) is 29.2. The highest BCUT2D eigenvalue weighted by Crippen LogP contribution is 2.36. The van der Waals surface area contributed by atoms with E-state index < -0.39 is 0 Å². The van der Waals surface area contributed by atoms with Gasteiger partial charge in [-0.2, -0.15) is 0 Å². The van der Waals surface area contributed by atoms with Gasteiger partial charge in [0, 0.05) is 19.6 Å². The lowest BCUT2D eigenvalue weighted by atomic mass is 9.86. The number of rotatable bonds is 4. The molecule has 2 saturated heterocycles. The molecule has 2 heterocycles. The lowest BCUT2D eigenvalue weighted by Gasteiger charge is -2.26. The van der Waals surface area contributed by atoms with Crippen LogP contribution in [0.3, 0.4) is 0 Å². The molecule has 2 atom stereocenters. The fraction of sp³-hybridized carbons (Fsp3) is 0.923. The number of carbonyl (C=O) groups is 1. The Morgan fingerprint density at radius 3 is 2.89 bits per heavy atom. The molecule has 0 radical (unpaired) electrons. The summed E-state index contributed by atoms with van der Waals surface area (Å²) in [6, 6.07) is 0.0292. The highest BCUT2D eigenvalue weighted by atomic mass is 35.5. The maximum absolute atomic E-state index is 11.9. The minimum Gasteiger partial charge on any atom is -0.355 e. The number of hydrogen-bond donors (Lipinski definition) is 2. The predicted octanol–water partition coefficient (Wildman–Crippen LogP) is 1.01. The summed E-state index contributed by atoms with van der Waals surface area (Å²) in [5, 5.41) is 6.44. The molecule has 2 aliphatic rings. The minimum atomic E-state index is 0. The summed E-state index contributed by atoms with van der Waals surface area (Å²) in [5.74, 6) is 0.190. The average molecular weight is 276 g/mol. The molecule has 2 unspecified atom stereocenters. The van der Waals surface area contributed by atoms with Crippen LogP contribution >= 0.6 is 12.4 Å². The third-order valence-corrected chi connectivity index (χ3v) is 4.28. The van der Waals surface area contributed by atoms with Crippen molar-refractivity contribution < 1.29 is 4.79 Å². The van der Waals surface area contributed by atoms with Gasteiger partial charge in [0.05, 0.1) is 6.04 Å². The second kappa shape index (κ2) is 6.73. The smallest absolute Gasteiger partial charge is 0.237 e. The van der Waals surface area contributed by atoms with Crippen molar-refractivity contribution in [3.8, 4) is 0 Å². The second-order valence-electron chi connectivity index (χ2n) is 5.61. The molecule has 2 aliphatic heterocycles. The van der Waals surface area contributed by atoms with Crippen molar-refractivity contribution in [2.75, 3.05) is 32.7 Å². The van der Waals surface area contributed by atoms with Gasteiger partial charge in [-0.1, -0.05) is 6.92 Å². The summed E-state index contributed by atoms with van der Waals surface area (Å²) >= 11 is 0. The summed E-state index contributed by atoms with van der Waals surface area (Å²) in [7, 11) is 0. The molecule has 2 N–H and O–H groups in total. The summed E-state index contributed by atoms with van der Waals surface area (Å²) in [5.41, 5.74) is 0.458. The first-order valence-electron chi connectivity index (χ1n) is 6.89. The number of carbonyl (C=O) groups excluding carboxylic acids is 1. The van der Waals surface area contributed by atoms with E-state index in [-0.39, 0.29) is 24.4 Å². The molecule has 5 heteroatoms. The van der Waals surface area contributed by atoms with E-state index in [1.807, 2.05) is 6.92 Å². The third kappa shape index (κ3) is 3.37. The van der Waals surface area contributed by atoms with Crippen LogP contribution in [0.5, 0.6) is 0 Å². The van der Waals surface area contributed by atoms with E-state index in [4.69, 9.17) is 0 Å². The number of amides is 1. The van der Waals surface area contributed by atoms with Crippen molar-refractivity contribution in [3.63, 3.8) is 0 Å². The Labute approximate surface area is 116 Å². The summed E-state index contributed by atoms with van der Waals surface area (Å²) < 4.78 is 0. The molecule has 0 aromatic heterocycles. The standard InChI is InChI=1S/C13H25N3O.ClH/c1-3-6-15-12(17)11(2)16-8-5-13(10-16)4-7-14-9-13;/h11,14H,3-10H2,1-2H3,(H,15,17);1H. The fourth-order valence-electron chi connectivity index (χ4n) is 3.01. The van der Waals surface area contributed by atoms with Crippen molar-refractivity contribution >= 4 is 18.3 Å². The Hall–Kier alpha value is -0.320. The van der Waals surface area contributed by atoms with Gasteiger partial charge in [0.25, 0.3) is 0 Å². The van der Waals surface area contributed by atoms with Gasteiger partial charge < -0.3 is 10.6 Å². The van der Waals surface area contributed by atoms with Gasteiger partial charge in [0.15, 0.2) is 0 Å². The average Bonchev–Trinajstić information content (AvgIpc) is 2.96. The van der Waals surface area contributed by atoms with Crippen molar-refractivity contribution in [2.45, 2.75) is 39.2 Å². The number of halogens is 1. The fourth-order valence-corrected chi connectivity index (χ4v) is 3.01. The van der Waals surface area contributed by atoms with Crippen LogP contribution in [0.1, 0.15) is 33.1 Å². The largest absolute Gasteiger partial charge is 0.355 e. The van der Waals surface area contributed by atoms with Crippen LogP contribution in [0.2, 0.25) is 0 Å². The van der Waals surface area contributed by atoms with Gasteiger partial charge in [-0.05, 0) is 44.7 Å². The lowest BCUT2D eigenvalue weighted by Crippen LogP contribution is -2.45. The SMILES string of the molecule is CCCNC(=O)C(C)N1CCC2(CCNC2)C1.Cl. The molecule has 1 spiro atoms. The number of hydrogen-bond acceptors (Lipinski definition) is 3. The van der Waals surface area contributed by atoms with E-state index in [1.165, 1.54) is 12.8 Å². The molecule has 0 bridgehead atoms. The topological polar surface area (TPSA) is 44.4 Å². The van der Waals surface area contributed by atoms with Crippen molar-refractivity contribution in [2.24, 2.45) is 5.41 Å². The molecular formula is C13H26ClN3O. The first-order valence-corrected chi connectivity index (χ1v) is 6.89. The minimum absolute atomic E-state index is 0. The summed E-state index contributed by atoms with van der Waals surface area (Å²) in [6.07, 6.45) is 3.52. The van der Waals surface area contributed by atoms with Crippen molar-refractivity contribution in [1.29, 1.82) is 0 Å². The van der Waals surface area contributed by atoms with Gasteiger partial charge >= 0.3 is 0 Å². The van der Waals surface area contributed by atoms with Crippen LogP contribution in [0.25, 0.3) is 0 Å². The summed E-state index contributed by atoms with van der Waals surface area (Å²) in [6.45, 7) is 9.34. The number of nitrogens with one attached hydrogen (secondary N) is 2. The van der Waals surface area contributed by atoms with Gasteiger partial charge in [0.2, 0.25) is 5.91 Å². The number of likely N-dealkylation sites (tertiary alicyclic amines) is 1. The Morgan fingerprint density at radius 2 is 2.28 bits per heavy atom. The third-order valence-electron chi connectivity index (χ3n) is 4.28. The van der Waals surface area contributed by atoms with Gasteiger partial charge in [-0.15, -0.1) is 12.4 Å². The first-order chi connectivity index (χ1) is 8.17. The van der Waals surface area contributed by atoms with E-state index in [0.29, 0.717) is 5.41 Å². The van der Waals surface area contributed by atoms with E-state index in [1.54, 1.807) is 0 Å². The molecule has 0 saturated carbocycles. The quantitative estimate of drug-likeness (QED) is 0.805. The number of nitrogens with zero attached hydrogens (tertiary/aromatic N) is 1. The van der Waals surface area contributed by atoms with Crippen LogP contribution in [0.4, 0.5) is 0 Å². The van der Waals surface area contributed by atoms with Crippen LogP contribution in [0, 0.1) is 5.41 Å². The zero-order chi connectivity index (χ0) is 12.3. The molecule has 2 fully saturated rings. The second-order valence-corrected chi connectivity index (χ2v) is 5.61. The molecule has 4 nitrogen and oxygen atoms in total. The Bertz CT molecular complexity index is 279. The highest BCUT2D eigenvalue weighted by Gasteiger charge is 2.42. The van der Waals surface area contributed by atoms with Gasteiger partial charge in [-0.3, -0.25) is 9.69 Å². The Kier molecular flexibility index (Phi) is 5.89. The Morgan fingerprint density at radius 1 is 1.50 bits per heavy atom. The molecule has 18 heavy (non-hydrogen) atoms. The highest BCUT2D eigenvalue weighted by molar-refractivity contribution is 5.85. The molecule has 0 aromatic rings. The predicted molar refractivity (Wildman–Crippen MR) is 76.1 cm³/mol. The zero-order valence-electron chi connectivity index (χ0n) is 11.5. The first kappa shape index (κ1) is 15.7. The van der Waals surface area contributed by atoms with Crippen LogP contribution in [-0.2, 0) is 4.79 Å². The molecule has 2 rings (SSSR count). The van der Waals surface area contributed by atoms with E-state index >= 15 is 0 Å². The van der Waals surface area contributed by atoms with Crippen molar-refractivity contribution in [1.82, 2.24) is 15.5 Å². The van der Waals surface area contributed by atoms with Crippen LogP contribution in [0.15, 0.2) is 0 Å². The maximum atomic E-state index is 11.9. The van der Waals surface area contributed by atoms with Gasteiger partial charge in [-0.25, -0.2) is 0 Å². The van der Waals surface area contributed by atoms with Crippen LogP contribution in [-0.4, -0.2) is 49.6 Å². The van der Waals surface area contributed by atoms with Crippen LogP contribution < -0.4 is 10.6 Å². The lowest BCUT2D eigenvalue weighted by molar-refractivity contribution is -0.125. The maximum Gasteiger partial charge on any atom is 0.237 e. The zero-order valence-corrected chi connectivity index (χ0v) is 12.3. The van der Waals surface area contributed by atoms with E-state index in [0.717, 1.165) is 39.1 Å². The van der Waals surface area contributed by atoms with Gasteiger partial charge in [0.1, 0.15) is 0 Å². The molecule has 0 aromatic carbocycles.